The lowest BCUT2D eigenvalue weighted by molar-refractivity contribution is 0.412. The third-order valence-corrected chi connectivity index (χ3v) is 4.26. The van der Waals surface area contributed by atoms with Crippen LogP contribution in [0.3, 0.4) is 0 Å². The van der Waals surface area contributed by atoms with Gasteiger partial charge >= 0.3 is 0 Å². The summed E-state index contributed by atoms with van der Waals surface area (Å²) in [5.74, 6) is 2.13. The molecular formula is C13H20N2OS. The van der Waals surface area contributed by atoms with Crippen LogP contribution < -0.4 is 15.4 Å². The Morgan fingerprint density at radius 1 is 1.47 bits per heavy atom. The largest absolute Gasteiger partial charge is 0.495 e. The standard InChI is InChI=1S/C13H20N2OS/c1-10-4-5-11(16-2)12-13(10)17-9-8-15(12)7-3-6-14/h4-5H,3,6-9,14H2,1-2H3. The maximum Gasteiger partial charge on any atom is 0.143 e. The summed E-state index contributed by atoms with van der Waals surface area (Å²) in [5.41, 5.74) is 8.20. The smallest absolute Gasteiger partial charge is 0.143 e. The number of methoxy groups -OCH3 is 1. The maximum absolute atomic E-state index is 5.60. The van der Waals surface area contributed by atoms with Crippen LogP contribution in [0, 0.1) is 6.92 Å². The highest BCUT2D eigenvalue weighted by atomic mass is 32.2. The van der Waals surface area contributed by atoms with Gasteiger partial charge in [0.1, 0.15) is 5.75 Å². The monoisotopic (exact) mass is 252 g/mol. The number of ether oxygens (including phenoxy) is 1. The summed E-state index contributed by atoms with van der Waals surface area (Å²) in [5, 5.41) is 0. The zero-order chi connectivity index (χ0) is 12.3. The van der Waals surface area contributed by atoms with Crippen LogP contribution in [0.1, 0.15) is 12.0 Å². The van der Waals surface area contributed by atoms with Crippen molar-refractivity contribution >= 4 is 17.4 Å². The fraction of sp³-hybridized carbons (Fsp3) is 0.538. The zero-order valence-electron chi connectivity index (χ0n) is 10.5. The molecule has 0 bridgehead atoms. The predicted molar refractivity (Wildman–Crippen MR) is 74.3 cm³/mol. The highest BCUT2D eigenvalue weighted by Gasteiger charge is 2.22. The van der Waals surface area contributed by atoms with Gasteiger partial charge in [0, 0.05) is 23.7 Å². The van der Waals surface area contributed by atoms with Crippen LogP contribution in [0.4, 0.5) is 5.69 Å². The van der Waals surface area contributed by atoms with Gasteiger partial charge in [0.15, 0.2) is 0 Å². The molecule has 0 fully saturated rings. The number of fused-ring (bicyclic) bond motifs is 1. The molecule has 0 radical (unpaired) electrons. The maximum atomic E-state index is 5.60. The summed E-state index contributed by atoms with van der Waals surface area (Å²) in [6.45, 7) is 5.01. The number of thioether (sulfide) groups is 1. The van der Waals surface area contributed by atoms with Gasteiger partial charge in [0.2, 0.25) is 0 Å². The molecule has 4 heteroatoms. The second-order valence-electron chi connectivity index (χ2n) is 4.24. The van der Waals surface area contributed by atoms with Crippen molar-refractivity contribution in [2.75, 3.05) is 37.4 Å². The molecule has 3 nitrogen and oxygen atoms in total. The van der Waals surface area contributed by atoms with Gasteiger partial charge < -0.3 is 15.4 Å². The van der Waals surface area contributed by atoms with Crippen molar-refractivity contribution < 1.29 is 4.74 Å². The van der Waals surface area contributed by atoms with E-state index in [1.807, 2.05) is 11.8 Å². The summed E-state index contributed by atoms with van der Waals surface area (Å²) >= 11 is 1.93. The summed E-state index contributed by atoms with van der Waals surface area (Å²) in [6.07, 6.45) is 1.03. The number of nitrogens with two attached hydrogens (primary N) is 1. The first-order valence-corrected chi connectivity index (χ1v) is 7.02. The number of nitrogens with zero attached hydrogens (tertiary/aromatic N) is 1. The molecule has 2 N–H and O–H groups in total. The molecule has 1 aliphatic rings. The molecule has 17 heavy (non-hydrogen) atoms. The van der Waals surface area contributed by atoms with Crippen molar-refractivity contribution in [2.24, 2.45) is 5.73 Å². The van der Waals surface area contributed by atoms with Crippen LogP contribution >= 0.6 is 11.8 Å². The van der Waals surface area contributed by atoms with Gasteiger partial charge in [-0.1, -0.05) is 6.07 Å². The molecule has 0 saturated carbocycles. The van der Waals surface area contributed by atoms with E-state index in [0.29, 0.717) is 0 Å². The fourth-order valence-corrected chi connectivity index (χ4v) is 3.35. The van der Waals surface area contributed by atoms with Gasteiger partial charge in [-0.2, -0.15) is 0 Å². The first kappa shape index (κ1) is 12.6. The molecule has 1 aliphatic heterocycles. The Morgan fingerprint density at radius 3 is 3.00 bits per heavy atom. The number of rotatable bonds is 4. The predicted octanol–water partition coefficient (Wildman–Crippen LogP) is 2.26. The van der Waals surface area contributed by atoms with E-state index in [9.17, 15) is 0 Å². The molecular weight excluding hydrogens is 232 g/mol. The van der Waals surface area contributed by atoms with Crippen LogP contribution in [0.15, 0.2) is 17.0 Å². The summed E-state index contributed by atoms with van der Waals surface area (Å²) in [7, 11) is 1.74. The molecule has 1 aromatic carbocycles. The number of aryl methyl sites for hydroxylation is 1. The molecule has 0 amide bonds. The van der Waals surface area contributed by atoms with Gasteiger partial charge in [-0.15, -0.1) is 11.8 Å². The lowest BCUT2D eigenvalue weighted by Gasteiger charge is -2.33. The normalized spacial score (nSPS) is 14.6. The van der Waals surface area contributed by atoms with Crippen LogP contribution in [-0.2, 0) is 0 Å². The molecule has 1 heterocycles. The Bertz CT molecular complexity index is 395. The van der Waals surface area contributed by atoms with Crippen molar-refractivity contribution in [3.63, 3.8) is 0 Å². The van der Waals surface area contributed by atoms with E-state index >= 15 is 0 Å². The summed E-state index contributed by atoms with van der Waals surface area (Å²) in [6, 6.07) is 4.20. The molecule has 94 valence electrons. The lowest BCUT2D eigenvalue weighted by Crippen LogP contribution is -2.31. The Morgan fingerprint density at radius 2 is 2.29 bits per heavy atom. The Hall–Kier alpha value is -0.870. The van der Waals surface area contributed by atoms with Crippen LogP contribution in [0.2, 0.25) is 0 Å². The van der Waals surface area contributed by atoms with Gasteiger partial charge in [-0.05, 0) is 31.5 Å². The third kappa shape index (κ3) is 2.53. The van der Waals surface area contributed by atoms with E-state index in [4.69, 9.17) is 10.5 Å². The number of anilines is 1. The van der Waals surface area contributed by atoms with E-state index in [-0.39, 0.29) is 0 Å². The van der Waals surface area contributed by atoms with Crippen molar-refractivity contribution in [1.82, 2.24) is 0 Å². The first-order chi connectivity index (χ1) is 8.27. The zero-order valence-corrected chi connectivity index (χ0v) is 11.3. The Balaban J connectivity index is 2.36. The van der Waals surface area contributed by atoms with Gasteiger partial charge in [-0.25, -0.2) is 0 Å². The average molecular weight is 252 g/mol. The molecule has 0 atom stereocenters. The first-order valence-electron chi connectivity index (χ1n) is 6.03. The van der Waals surface area contributed by atoms with E-state index in [2.05, 4.69) is 24.0 Å². The molecule has 1 aromatic rings. The van der Waals surface area contributed by atoms with Crippen LogP contribution in [-0.4, -0.2) is 32.5 Å². The highest BCUT2D eigenvalue weighted by molar-refractivity contribution is 7.99. The molecule has 0 spiro atoms. The number of hydrogen-bond acceptors (Lipinski definition) is 4. The SMILES string of the molecule is COc1ccc(C)c2c1N(CCCN)CCS2. The van der Waals surface area contributed by atoms with Gasteiger partial charge in [-0.3, -0.25) is 0 Å². The second kappa shape index (κ2) is 5.65. The van der Waals surface area contributed by atoms with E-state index < -0.39 is 0 Å². The van der Waals surface area contributed by atoms with Crippen molar-refractivity contribution in [3.05, 3.63) is 17.7 Å². The van der Waals surface area contributed by atoms with E-state index in [1.54, 1.807) is 7.11 Å². The van der Waals surface area contributed by atoms with Crippen LogP contribution in [0.25, 0.3) is 0 Å². The summed E-state index contributed by atoms with van der Waals surface area (Å²) < 4.78 is 5.49. The highest BCUT2D eigenvalue weighted by Crippen LogP contribution is 2.43. The minimum atomic E-state index is 0.743. The average Bonchev–Trinajstić information content (AvgIpc) is 2.37. The quantitative estimate of drug-likeness (QED) is 0.892. The Labute approximate surface area is 107 Å². The molecule has 0 saturated heterocycles. The topological polar surface area (TPSA) is 38.5 Å². The number of benzene rings is 1. The summed E-state index contributed by atoms with van der Waals surface area (Å²) in [4.78, 5) is 3.78. The third-order valence-electron chi connectivity index (χ3n) is 3.07. The number of hydrogen-bond donors (Lipinski definition) is 1. The van der Waals surface area contributed by atoms with Gasteiger partial charge in [0.25, 0.3) is 0 Å². The minimum absolute atomic E-state index is 0.743. The minimum Gasteiger partial charge on any atom is -0.495 e. The van der Waals surface area contributed by atoms with Crippen molar-refractivity contribution in [3.8, 4) is 5.75 Å². The Kier molecular flexibility index (Phi) is 4.18. The van der Waals surface area contributed by atoms with Gasteiger partial charge in [0.05, 0.1) is 12.8 Å². The molecule has 0 unspecified atom stereocenters. The van der Waals surface area contributed by atoms with E-state index in [1.165, 1.54) is 16.1 Å². The van der Waals surface area contributed by atoms with Crippen molar-refractivity contribution in [2.45, 2.75) is 18.2 Å². The molecule has 0 aromatic heterocycles. The lowest BCUT2D eigenvalue weighted by atomic mass is 10.1. The van der Waals surface area contributed by atoms with Crippen molar-refractivity contribution in [1.29, 1.82) is 0 Å². The van der Waals surface area contributed by atoms with Crippen LogP contribution in [0.5, 0.6) is 5.75 Å². The molecule has 0 aliphatic carbocycles. The fourth-order valence-electron chi connectivity index (χ4n) is 2.18. The van der Waals surface area contributed by atoms with E-state index in [0.717, 1.165) is 37.6 Å². The molecule has 2 rings (SSSR count). The second-order valence-corrected chi connectivity index (χ2v) is 5.35.